The molecule has 0 saturated carbocycles. The number of hydrogen-bond acceptors (Lipinski definition) is 5. The summed E-state index contributed by atoms with van der Waals surface area (Å²) < 4.78 is 20.1. The van der Waals surface area contributed by atoms with Crippen LogP contribution in [0.15, 0.2) is 36.4 Å². The molecule has 1 aliphatic rings. The van der Waals surface area contributed by atoms with Gasteiger partial charge in [0.2, 0.25) is 11.8 Å². The first-order valence-electron chi connectivity index (χ1n) is 7.54. The second kappa shape index (κ2) is 6.64. The van der Waals surface area contributed by atoms with Crippen molar-refractivity contribution >= 4 is 23.5 Å². The van der Waals surface area contributed by atoms with Crippen molar-refractivity contribution in [2.45, 2.75) is 13.3 Å². The molecule has 26 heavy (non-hydrogen) atoms. The monoisotopic (exact) mass is 353 g/mol. The lowest BCUT2D eigenvalue weighted by Gasteiger charge is -2.25. The van der Waals surface area contributed by atoms with Gasteiger partial charge in [0, 0.05) is 6.07 Å². The van der Waals surface area contributed by atoms with E-state index in [1.54, 1.807) is 31.2 Å². The van der Waals surface area contributed by atoms with Gasteiger partial charge in [0.15, 0.2) is 0 Å². The van der Waals surface area contributed by atoms with Crippen LogP contribution in [0.25, 0.3) is 0 Å². The Kier molecular flexibility index (Phi) is 4.37. The van der Waals surface area contributed by atoms with E-state index in [1.807, 2.05) is 11.4 Å². The number of nitrogens with zero attached hydrogens (tertiary/aromatic N) is 2. The number of carbonyl (C=O) groups is 3. The molecule has 7 nitrogen and oxygen atoms in total. The Morgan fingerprint density at radius 1 is 1.19 bits per heavy atom. The lowest BCUT2D eigenvalue weighted by molar-refractivity contribution is -0.128. The van der Waals surface area contributed by atoms with Crippen molar-refractivity contribution in [1.82, 2.24) is 5.32 Å². The number of halogens is 1. The van der Waals surface area contributed by atoms with Crippen molar-refractivity contribution in [3.05, 3.63) is 53.3 Å². The summed E-state index contributed by atoms with van der Waals surface area (Å²) in [4.78, 5) is 35.7. The molecule has 1 heterocycles. The summed E-state index contributed by atoms with van der Waals surface area (Å²) in [5.74, 6) is -2.18. The van der Waals surface area contributed by atoms with Gasteiger partial charge in [0.05, 0.1) is 11.3 Å². The van der Waals surface area contributed by atoms with Gasteiger partial charge in [-0.05, 0) is 24.6 Å². The van der Waals surface area contributed by atoms with Crippen LogP contribution in [0.3, 0.4) is 0 Å². The minimum atomic E-state index is -1.06. The predicted octanol–water partition coefficient (Wildman–Crippen LogP) is 2.77. The minimum Gasteiger partial charge on any atom is -0.456 e. The molecule has 1 saturated heterocycles. The van der Waals surface area contributed by atoms with Crippen molar-refractivity contribution in [2.24, 2.45) is 0 Å². The number of hydrogen-bond donors (Lipinski definition) is 1. The highest BCUT2D eigenvalue weighted by molar-refractivity contribution is 6.26. The van der Waals surface area contributed by atoms with Crippen LogP contribution in [-0.4, -0.2) is 17.8 Å². The predicted molar refractivity (Wildman–Crippen MR) is 88.0 cm³/mol. The van der Waals surface area contributed by atoms with E-state index < -0.39 is 35.8 Å². The van der Waals surface area contributed by atoms with E-state index >= 15 is 0 Å². The maximum atomic E-state index is 14.4. The fourth-order valence-corrected chi connectivity index (χ4v) is 2.47. The number of urea groups is 1. The number of imide groups is 2. The number of benzene rings is 2. The van der Waals surface area contributed by atoms with Crippen LogP contribution in [0.2, 0.25) is 0 Å². The van der Waals surface area contributed by atoms with Gasteiger partial charge < -0.3 is 4.74 Å². The molecule has 2 aromatic rings. The zero-order valence-corrected chi connectivity index (χ0v) is 13.6. The first-order chi connectivity index (χ1) is 12.4. The number of ether oxygens (including phenoxy) is 1. The van der Waals surface area contributed by atoms with Crippen molar-refractivity contribution in [2.75, 3.05) is 4.90 Å². The molecular weight excluding hydrogens is 341 g/mol. The van der Waals surface area contributed by atoms with Crippen LogP contribution in [-0.2, 0) is 9.59 Å². The molecule has 4 amide bonds. The van der Waals surface area contributed by atoms with Crippen LogP contribution < -0.4 is 15.0 Å². The van der Waals surface area contributed by atoms with Crippen LogP contribution in [0.1, 0.15) is 17.5 Å². The van der Waals surface area contributed by atoms with E-state index in [1.165, 1.54) is 0 Å². The molecule has 0 atom stereocenters. The number of rotatable bonds is 3. The van der Waals surface area contributed by atoms with E-state index in [4.69, 9.17) is 4.74 Å². The Hall–Kier alpha value is -3.73. The Morgan fingerprint density at radius 3 is 2.58 bits per heavy atom. The van der Waals surface area contributed by atoms with E-state index in [0.717, 1.165) is 17.7 Å². The fraction of sp³-hybridized carbons (Fsp3) is 0.111. The molecule has 0 bridgehead atoms. The molecule has 0 aliphatic carbocycles. The highest BCUT2D eigenvalue weighted by Gasteiger charge is 2.34. The molecule has 130 valence electrons. The number of nitrogens with one attached hydrogen (secondary N) is 1. The molecule has 0 aromatic heterocycles. The van der Waals surface area contributed by atoms with Crippen molar-refractivity contribution < 1.29 is 23.5 Å². The first-order valence-corrected chi connectivity index (χ1v) is 7.54. The van der Waals surface area contributed by atoms with Crippen molar-refractivity contribution in [3.8, 4) is 17.6 Å². The fourth-order valence-electron chi connectivity index (χ4n) is 2.47. The van der Waals surface area contributed by atoms with E-state index in [2.05, 4.69) is 0 Å². The van der Waals surface area contributed by atoms with Gasteiger partial charge in [-0.2, -0.15) is 5.26 Å². The van der Waals surface area contributed by atoms with Gasteiger partial charge >= 0.3 is 6.03 Å². The molecule has 0 unspecified atom stereocenters. The largest absolute Gasteiger partial charge is 0.456 e. The standard InChI is InChI=1S/C18H12FN3O4/c1-10-4-2-3-5-14(10)26-15-7-13(12(19)6-11(15)9-20)22-17(24)8-16(23)21-18(22)25/h2-7H,8H2,1H3,(H,21,23,25). The summed E-state index contributed by atoms with van der Waals surface area (Å²) in [5.41, 5.74) is 0.276. The molecule has 2 aromatic carbocycles. The third kappa shape index (κ3) is 3.10. The number of aryl methyl sites for hydroxylation is 1. The number of para-hydroxylation sites is 1. The zero-order valence-electron chi connectivity index (χ0n) is 13.6. The highest BCUT2D eigenvalue weighted by atomic mass is 19.1. The summed E-state index contributed by atoms with van der Waals surface area (Å²) in [5, 5.41) is 11.2. The second-order valence-electron chi connectivity index (χ2n) is 5.54. The molecule has 1 fully saturated rings. The summed E-state index contributed by atoms with van der Waals surface area (Å²) in [6.07, 6.45) is -0.584. The molecule has 0 radical (unpaired) electrons. The summed E-state index contributed by atoms with van der Waals surface area (Å²) in [7, 11) is 0. The third-order valence-electron chi connectivity index (χ3n) is 3.73. The average Bonchev–Trinajstić information content (AvgIpc) is 2.58. The van der Waals surface area contributed by atoms with E-state index in [-0.39, 0.29) is 11.3 Å². The average molecular weight is 353 g/mol. The Balaban J connectivity index is 2.07. The topological polar surface area (TPSA) is 99.5 Å². The van der Waals surface area contributed by atoms with Crippen LogP contribution in [0.4, 0.5) is 14.9 Å². The Labute approximate surface area is 147 Å². The van der Waals surface area contributed by atoms with Gasteiger partial charge in [-0.1, -0.05) is 18.2 Å². The molecule has 1 aliphatic heterocycles. The SMILES string of the molecule is Cc1ccccc1Oc1cc(N2C(=O)CC(=O)NC2=O)c(F)cc1C#N. The smallest absolute Gasteiger partial charge is 0.335 e. The Bertz CT molecular complexity index is 961. The zero-order chi connectivity index (χ0) is 18.8. The molecular formula is C18H12FN3O4. The second-order valence-corrected chi connectivity index (χ2v) is 5.54. The number of amides is 4. The van der Waals surface area contributed by atoms with E-state index in [0.29, 0.717) is 10.6 Å². The maximum absolute atomic E-state index is 14.4. The summed E-state index contributed by atoms with van der Waals surface area (Å²) in [6, 6.07) is 9.71. The van der Waals surface area contributed by atoms with Crippen LogP contribution in [0.5, 0.6) is 11.5 Å². The number of barbiturate groups is 1. The molecule has 0 spiro atoms. The number of anilines is 1. The van der Waals surface area contributed by atoms with Crippen LogP contribution in [0, 0.1) is 24.1 Å². The molecule has 3 rings (SSSR count). The van der Waals surface area contributed by atoms with Gasteiger partial charge in [0.25, 0.3) is 0 Å². The lowest BCUT2D eigenvalue weighted by atomic mass is 10.1. The van der Waals surface area contributed by atoms with Crippen LogP contribution >= 0.6 is 0 Å². The highest BCUT2D eigenvalue weighted by Crippen LogP contribution is 2.34. The molecule has 8 heteroatoms. The van der Waals surface area contributed by atoms with Gasteiger partial charge in [-0.25, -0.2) is 14.1 Å². The van der Waals surface area contributed by atoms with Gasteiger partial charge in [0.1, 0.15) is 29.8 Å². The summed E-state index contributed by atoms with van der Waals surface area (Å²) >= 11 is 0. The van der Waals surface area contributed by atoms with Gasteiger partial charge in [-0.15, -0.1) is 0 Å². The quantitative estimate of drug-likeness (QED) is 0.856. The number of nitriles is 1. The van der Waals surface area contributed by atoms with Gasteiger partial charge in [-0.3, -0.25) is 14.9 Å². The summed E-state index contributed by atoms with van der Waals surface area (Å²) in [6.45, 7) is 1.79. The lowest BCUT2D eigenvalue weighted by Crippen LogP contribution is -2.53. The normalized spacial score (nSPS) is 14.0. The molecule has 1 N–H and O–H groups in total. The third-order valence-corrected chi connectivity index (χ3v) is 3.73. The number of carbonyl (C=O) groups excluding carboxylic acids is 3. The first kappa shape index (κ1) is 17.1. The van der Waals surface area contributed by atoms with Crippen molar-refractivity contribution in [1.29, 1.82) is 5.26 Å². The van der Waals surface area contributed by atoms with Crippen molar-refractivity contribution in [3.63, 3.8) is 0 Å². The minimum absolute atomic E-state index is 0.0179. The maximum Gasteiger partial charge on any atom is 0.335 e. The Morgan fingerprint density at radius 2 is 1.92 bits per heavy atom. The van der Waals surface area contributed by atoms with E-state index in [9.17, 15) is 24.0 Å².